The van der Waals surface area contributed by atoms with E-state index in [-0.39, 0.29) is 17.9 Å². The topological polar surface area (TPSA) is 33.1 Å². The molecule has 2 aromatic carbocycles. The molecule has 1 aliphatic rings. The molecule has 4 nitrogen and oxygen atoms in total. The number of pyridine rings is 1. The number of thiocarbonyl (C=S) groups is 1. The minimum absolute atomic E-state index is 0.280. The molecule has 1 fully saturated rings. The van der Waals surface area contributed by atoms with Crippen molar-refractivity contribution >= 4 is 46.2 Å². The fraction of sp³-hybridized carbons (Fsp3) is 0.154. The van der Waals surface area contributed by atoms with Crippen molar-refractivity contribution in [1.82, 2.24) is 14.9 Å². The molecule has 4 aromatic rings. The average molecular weight is 511 g/mol. The van der Waals surface area contributed by atoms with Gasteiger partial charge < -0.3 is 14.8 Å². The minimum Gasteiger partial charge on any atom is -0.351 e. The molecule has 8 heteroatoms. The van der Waals surface area contributed by atoms with Gasteiger partial charge in [0.1, 0.15) is 5.82 Å². The van der Waals surface area contributed by atoms with E-state index in [9.17, 15) is 4.39 Å². The molecule has 1 aliphatic heterocycles. The first kappa shape index (κ1) is 22.8. The van der Waals surface area contributed by atoms with E-state index in [1.807, 2.05) is 49.1 Å². The highest BCUT2D eigenvalue weighted by Crippen LogP contribution is 2.44. The largest absolute Gasteiger partial charge is 0.351 e. The second-order valence-corrected chi connectivity index (χ2v) is 9.35. The number of nitrogens with one attached hydrogen (secondary N) is 1. The van der Waals surface area contributed by atoms with E-state index in [2.05, 4.69) is 20.9 Å². The molecule has 2 atom stereocenters. The second kappa shape index (κ2) is 9.02. The molecule has 2 unspecified atom stereocenters. The van der Waals surface area contributed by atoms with Crippen molar-refractivity contribution in [2.75, 3.05) is 4.90 Å². The Balaban J connectivity index is 1.72. The summed E-state index contributed by atoms with van der Waals surface area (Å²) in [6.45, 7) is 4.04. The zero-order valence-electron chi connectivity index (χ0n) is 18.5. The Hall–Kier alpha value is -2.93. The van der Waals surface area contributed by atoms with Crippen LogP contribution in [0.3, 0.4) is 0 Å². The Morgan fingerprint density at radius 2 is 1.71 bits per heavy atom. The third-order valence-electron chi connectivity index (χ3n) is 6.17. The molecule has 3 heterocycles. The summed E-state index contributed by atoms with van der Waals surface area (Å²) in [4.78, 5) is 6.42. The number of benzene rings is 2. The van der Waals surface area contributed by atoms with Crippen LogP contribution in [0.4, 0.5) is 10.1 Å². The van der Waals surface area contributed by atoms with Gasteiger partial charge in [-0.15, -0.1) is 0 Å². The van der Waals surface area contributed by atoms with Gasteiger partial charge in [-0.1, -0.05) is 47.5 Å². The quantitative estimate of drug-likeness (QED) is 0.296. The Bertz CT molecular complexity index is 1390. The number of aryl methyl sites for hydroxylation is 1. The average Bonchev–Trinajstić information content (AvgIpc) is 3.32. The SMILES string of the molecule is Cc1cc(C2C(c3ccccn3)NC(=S)N2c2ccccc2F)c(C)n1-c1cccc(Cl)c1Cl. The van der Waals surface area contributed by atoms with Crippen molar-refractivity contribution in [2.24, 2.45) is 0 Å². The van der Waals surface area contributed by atoms with Gasteiger partial charge in [0.25, 0.3) is 0 Å². The molecule has 0 spiro atoms. The molecular weight excluding hydrogens is 490 g/mol. The van der Waals surface area contributed by atoms with Crippen LogP contribution in [0, 0.1) is 19.7 Å². The summed E-state index contributed by atoms with van der Waals surface area (Å²) in [6.07, 6.45) is 1.75. The van der Waals surface area contributed by atoms with Crippen LogP contribution in [0.1, 0.15) is 34.7 Å². The third-order valence-corrected chi connectivity index (χ3v) is 7.29. The lowest BCUT2D eigenvalue weighted by atomic mass is 9.96. The van der Waals surface area contributed by atoms with E-state index < -0.39 is 0 Å². The van der Waals surface area contributed by atoms with Crippen LogP contribution in [0.15, 0.2) is 72.9 Å². The number of hydrogen-bond donors (Lipinski definition) is 1. The van der Waals surface area contributed by atoms with Gasteiger partial charge in [-0.2, -0.15) is 0 Å². The van der Waals surface area contributed by atoms with E-state index in [4.69, 9.17) is 35.4 Å². The Morgan fingerprint density at radius 3 is 2.44 bits per heavy atom. The zero-order valence-corrected chi connectivity index (χ0v) is 20.8. The number of aromatic nitrogens is 2. The van der Waals surface area contributed by atoms with E-state index >= 15 is 0 Å². The predicted molar refractivity (Wildman–Crippen MR) is 140 cm³/mol. The maximum atomic E-state index is 15.0. The van der Waals surface area contributed by atoms with Crippen LogP contribution in [0.25, 0.3) is 5.69 Å². The summed E-state index contributed by atoms with van der Waals surface area (Å²) in [5.74, 6) is -0.343. The van der Waals surface area contributed by atoms with Crippen LogP contribution < -0.4 is 10.2 Å². The van der Waals surface area contributed by atoms with Crippen molar-refractivity contribution in [3.05, 3.63) is 111 Å². The first-order valence-electron chi connectivity index (χ1n) is 10.8. The molecule has 0 radical (unpaired) electrons. The number of rotatable bonds is 4. The Kier molecular flexibility index (Phi) is 6.06. The number of para-hydroxylation sites is 1. The fourth-order valence-corrected chi connectivity index (χ4v) is 5.42. The molecule has 1 N–H and O–H groups in total. The van der Waals surface area contributed by atoms with Crippen molar-refractivity contribution in [3.8, 4) is 5.69 Å². The van der Waals surface area contributed by atoms with Crippen LogP contribution in [0.2, 0.25) is 10.0 Å². The molecule has 34 heavy (non-hydrogen) atoms. The predicted octanol–water partition coefficient (Wildman–Crippen LogP) is 7.11. The summed E-state index contributed by atoms with van der Waals surface area (Å²) >= 11 is 18.6. The number of hydrogen-bond acceptors (Lipinski definition) is 2. The molecule has 172 valence electrons. The minimum atomic E-state index is -0.343. The van der Waals surface area contributed by atoms with Gasteiger partial charge in [-0.05, 0) is 74.1 Å². The normalized spacial score (nSPS) is 17.8. The van der Waals surface area contributed by atoms with Gasteiger partial charge in [-0.25, -0.2) is 4.39 Å². The molecule has 0 bridgehead atoms. The number of halogens is 3. The van der Waals surface area contributed by atoms with E-state index in [1.54, 1.807) is 30.5 Å². The van der Waals surface area contributed by atoms with E-state index in [0.717, 1.165) is 28.3 Å². The molecule has 0 saturated carbocycles. The smallest absolute Gasteiger partial charge is 0.174 e. The van der Waals surface area contributed by atoms with Crippen molar-refractivity contribution in [3.63, 3.8) is 0 Å². The van der Waals surface area contributed by atoms with E-state index in [1.165, 1.54) is 6.07 Å². The van der Waals surface area contributed by atoms with Crippen molar-refractivity contribution in [2.45, 2.75) is 25.9 Å². The maximum absolute atomic E-state index is 15.0. The van der Waals surface area contributed by atoms with E-state index in [0.29, 0.717) is 20.8 Å². The standard InChI is InChI=1S/C26H21Cl2FN4S/c1-15-14-17(16(2)32(15)22-12-7-8-18(27)23(22)28)25-24(20-10-5-6-13-30-20)31-26(34)33(25)21-11-4-3-9-19(21)29/h3-14,24-25H,1-2H3,(H,31,34). The fourth-order valence-electron chi connectivity index (χ4n) is 4.70. The van der Waals surface area contributed by atoms with Gasteiger partial charge in [0.05, 0.1) is 39.2 Å². The van der Waals surface area contributed by atoms with Gasteiger partial charge >= 0.3 is 0 Å². The highest BCUT2D eigenvalue weighted by atomic mass is 35.5. The Labute approximate surface area is 213 Å². The van der Waals surface area contributed by atoms with Gasteiger partial charge in [-0.3, -0.25) is 4.98 Å². The Morgan fingerprint density at radius 1 is 0.971 bits per heavy atom. The maximum Gasteiger partial charge on any atom is 0.174 e. The summed E-state index contributed by atoms with van der Waals surface area (Å²) < 4.78 is 17.1. The molecule has 2 aromatic heterocycles. The molecule has 1 saturated heterocycles. The second-order valence-electron chi connectivity index (χ2n) is 8.18. The lowest BCUT2D eigenvalue weighted by Crippen LogP contribution is -2.30. The molecule has 0 aliphatic carbocycles. The number of nitrogens with zero attached hydrogens (tertiary/aromatic N) is 3. The molecule has 5 rings (SSSR count). The first-order chi connectivity index (χ1) is 16.4. The van der Waals surface area contributed by atoms with Gasteiger partial charge in [0.2, 0.25) is 0 Å². The highest BCUT2D eigenvalue weighted by Gasteiger charge is 2.43. The monoisotopic (exact) mass is 510 g/mol. The van der Waals surface area contributed by atoms with Crippen molar-refractivity contribution in [1.29, 1.82) is 0 Å². The van der Waals surface area contributed by atoms with Crippen molar-refractivity contribution < 1.29 is 4.39 Å². The van der Waals surface area contributed by atoms with Crippen LogP contribution in [-0.4, -0.2) is 14.7 Å². The third kappa shape index (κ3) is 3.76. The van der Waals surface area contributed by atoms with Crippen LogP contribution in [0.5, 0.6) is 0 Å². The van der Waals surface area contributed by atoms with Crippen LogP contribution in [-0.2, 0) is 0 Å². The lowest BCUT2D eigenvalue weighted by Gasteiger charge is -2.28. The van der Waals surface area contributed by atoms with Gasteiger partial charge in [0.15, 0.2) is 5.11 Å². The molecular formula is C26H21Cl2FN4S. The number of anilines is 1. The zero-order chi connectivity index (χ0) is 24.0. The van der Waals surface area contributed by atoms with Gasteiger partial charge in [0, 0.05) is 17.6 Å². The highest BCUT2D eigenvalue weighted by molar-refractivity contribution is 7.80. The summed E-state index contributed by atoms with van der Waals surface area (Å²) in [5.41, 5.74) is 4.94. The summed E-state index contributed by atoms with van der Waals surface area (Å²) in [6, 6.07) is 19.5. The summed E-state index contributed by atoms with van der Waals surface area (Å²) in [5, 5.41) is 4.78. The summed E-state index contributed by atoms with van der Waals surface area (Å²) in [7, 11) is 0. The van der Waals surface area contributed by atoms with Crippen LogP contribution >= 0.6 is 35.4 Å². The first-order valence-corrected chi connectivity index (χ1v) is 11.9. The lowest BCUT2D eigenvalue weighted by molar-refractivity contribution is 0.556. The molecule has 0 amide bonds.